The van der Waals surface area contributed by atoms with Crippen molar-refractivity contribution in [2.75, 3.05) is 0 Å². The van der Waals surface area contributed by atoms with Gasteiger partial charge in [0.1, 0.15) is 5.78 Å². The maximum atomic E-state index is 15.1. The zero-order chi connectivity index (χ0) is 22.3. The Morgan fingerprint density at radius 2 is 1.94 bits per heavy atom. The van der Waals surface area contributed by atoms with Crippen LogP contribution in [-0.4, -0.2) is 21.0 Å². The van der Waals surface area contributed by atoms with Crippen molar-refractivity contribution in [2.24, 2.45) is 5.41 Å². The smallest absolute Gasteiger partial charge is 0.374 e. The third-order valence-corrected chi connectivity index (χ3v) is 6.56. The number of aromatic nitrogens is 3. The Kier molecular flexibility index (Phi) is 4.82. The molecule has 6 nitrogen and oxygen atoms in total. The molecular formula is C23H16F2N4O2S. The highest BCUT2D eigenvalue weighted by atomic mass is 32.1. The van der Waals surface area contributed by atoms with Crippen LogP contribution in [0.15, 0.2) is 52.9 Å². The highest BCUT2D eigenvalue weighted by molar-refractivity contribution is 7.18. The van der Waals surface area contributed by atoms with E-state index < -0.39 is 22.2 Å². The van der Waals surface area contributed by atoms with Gasteiger partial charge in [-0.3, -0.25) is 4.79 Å². The number of rotatable bonds is 7. The van der Waals surface area contributed by atoms with Crippen molar-refractivity contribution >= 4 is 27.3 Å². The number of hydrogen-bond acceptors (Lipinski definition) is 7. The summed E-state index contributed by atoms with van der Waals surface area (Å²) in [5, 5.41) is 15.7. The fraction of sp³-hybridized carbons (Fsp3) is 0.261. The van der Waals surface area contributed by atoms with Gasteiger partial charge >= 0.3 is 5.92 Å². The van der Waals surface area contributed by atoms with Gasteiger partial charge in [-0.2, -0.15) is 14.0 Å². The van der Waals surface area contributed by atoms with Gasteiger partial charge in [-0.25, -0.2) is 4.98 Å². The molecule has 0 bridgehead atoms. The highest BCUT2D eigenvalue weighted by Crippen LogP contribution is 2.48. The van der Waals surface area contributed by atoms with Gasteiger partial charge in [0, 0.05) is 6.42 Å². The van der Waals surface area contributed by atoms with Crippen LogP contribution in [-0.2, 0) is 17.1 Å². The van der Waals surface area contributed by atoms with Crippen LogP contribution in [0.5, 0.6) is 0 Å². The van der Waals surface area contributed by atoms with E-state index in [-0.39, 0.29) is 24.5 Å². The van der Waals surface area contributed by atoms with Crippen LogP contribution in [0.4, 0.5) is 8.78 Å². The maximum absolute atomic E-state index is 15.1. The van der Waals surface area contributed by atoms with E-state index >= 15 is 8.78 Å². The summed E-state index contributed by atoms with van der Waals surface area (Å²) in [5.41, 5.74) is 1.72. The summed E-state index contributed by atoms with van der Waals surface area (Å²) < 4.78 is 35.9. The molecule has 1 fully saturated rings. The van der Waals surface area contributed by atoms with Gasteiger partial charge in [0.05, 0.1) is 28.1 Å². The quantitative estimate of drug-likeness (QED) is 0.380. The lowest BCUT2D eigenvalue weighted by molar-refractivity contribution is -0.119. The average Bonchev–Trinajstić information content (AvgIpc) is 3.20. The van der Waals surface area contributed by atoms with E-state index in [1.807, 2.05) is 42.5 Å². The number of benzene rings is 2. The summed E-state index contributed by atoms with van der Waals surface area (Å²) >= 11 is 0.858. The summed E-state index contributed by atoms with van der Waals surface area (Å²) in [5.74, 6) is -4.96. The molecule has 0 atom stereocenters. The molecule has 0 aliphatic heterocycles. The average molecular weight is 450 g/mol. The zero-order valence-corrected chi connectivity index (χ0v) is 17.5. The molecule has 0 spiro atoms. The van der Waals surface area contributed by atoms with Gasteiger partial charge in [-0.15, -0.1) is 21.5 Å². The number of Topliss-reactive ketones (excluding diaryl/α,β-unsaturated/α-hetero) is 1. The van der Waals surface area contributed by atoms with Crippen LogP contribution in [0, 0.1) is 16.7 Å². The second-order valence-corrected chi connectivity index (χ2v) is 8.96. The Morgan fingerprint density at radius 3 is 2.66 bits per heavy atom. The molecular weight excluding hydrogens is 434 g/mol. The van der Waals surface area contributed by atoms with Crippen molar-refractivity contribution in [1.82, 2.24) is 15.2 Å². The Bertz CT molecular complexity index is 1350. The molecule has 1 aliphatic carbocycles. The van der Waals surface area contributed by atoms with Crippen molar-refractivity contribution in [1.29, 1.82) is 5.26 Å². The molecule has 160 valence electrons. The van der Waals surface area contributed by atoms with Crippen molar-refractivity contribution < 1.29 is 18.0 Å². The first-order valence-electron chi connectivity index (χ1n) is 9.99. The first kappa shape index (κ1) is 20.4. The van der Waals surface area contributed by atoms with E-state index in [1.54, 1.807) is 6.07 Å². The standard InChI is InChI=1S/C23H16F2N4O2S/c24-23(25,20-29-28-19(31-20)11-16(30)12-22(13-26)8-9-22)21-27-17-7-6-15(10-18(17)32-21)14-4-2-1-3-5-14/h1-7,10H,8-9,11-12H2. The number of nitriles is 1. The molecule has 2 aromatic carbocycles. The van der Waals surface area contributed by atoms with Crippen molar-refractivity contribution in [3.05, 3.63) is 65.3 Å². The van der Waals surface area contributed by atoms with Crippen LogP contribution in [0.25, 0.3) is 21.3 Å². The van der Waals surface area contributed by atoms with Crippen molar-refractivity contribution in [3.8, 4) is 17.2 Å². The molecule has 0 unspecified atom stereocenters. The predicted molar refractivity (Wildman–Crippen MR) is 113 cm³/mol. The van der Waals surface area contributed by atoms with E-state index in [0.29, 0.717) is 23.1 Å². The van der Waals surface area contributed by atoms with Gasteiger partial charge in [-0.05, 0) is 36.1 Å². The van der Waals surface area contributed by atoms with Gasteiger partial charge in [-0.1, -0.05) is 36.4 Å². The molecule has 2 heterocycles. The third-order valence-electron chi connectivity index (χ3n) is 5.47. The van der Waals surface area contributed by atoms with E-state index in [0.717, 1.165) is 22.5 Å². The lowest BCUT2D eigenvalue weighted by atomic mass is 10.00. The first-order valence-corrected chi connectivity index (χ1v) is 10.8. The summed E-state index contributed by atoms with van der Waals surface area (Å²) in [6.45, 7) is 0. The van der Waals surface area contributed by atoms with Crippen LogP contribution < -0.4 is 0 Å². The molecule has 4 aromatic rings. The number of carbonyl (C=O) groups is 1. The van der Waals surface area contributed by atoms with Gasteiger partial charge < -0.3 is 4.42 Å². The van der Waals surface area contributed by atoms with E-state index in [1.165, 1.54) is 0 Å². The molecule has 0 radical (unpaired) electrons. The molecule has 32 heavy (non-hydrogen) atoms. The van der Waals surface area contributed by atoms with Gasteiger partial charge in [0.15, 0.2) is 5.01 Å². The minimum Gasteiger partial charge on any atom is -0.419 e. The molecule has 0 N–H and O–H groups in total. The first-order chi connectivity index (χ1) is 15.4. The van der Waals surface area contributed by atoms with Crippen molar-refractivity contribution in [3.63, 3.8) is 0 Å². The zero-order valence-electron chi connectivity index (χ0n) is 16.7. The number of nitrogens with zero attached hydrogens (tertiary/aromatic N) is 4. The fourth-order valence-corrected chi connectivity index (χ4v) is 4.47. The fourth-order valence-electron chi connectivity index (χ4n) is 3.50. The number of halogens is 2. The van der Waals surface area contributed by atoms with Crippen LogP contribution >= 0.6 is 11.3 Å². The molecule has 0 amide bonds. The Balaban J connectivity index is 1.37. The molecule has 1 aliphatic rings. The molecule has 9 heteroatoms. The number of thiazole rings is 1. The number of hydrogen-bond donors (Lipinski definition) is 0. The normalized spacial score (nSPS) is 14.9. The topological polar surface area (TPSA) is 92.7 Å². The highest BCUT2D eigenvalue weighted by Gasteiger charge is 2.46. The maximum Gasteiger partial charge on any atom is 0.374 e. The molecule has 0 saturated heterocycles. The molecule has 5 rings (SSSR count). The van der Waals surface area contributed by atoms with Crippen LogP contribution in [0.1, 0.15) is 36.1 Å². The lowest BCUT2D eigenvalue weighted by Gasteiger charge is -2.07. The largest absolute Gasteiger partial charge is 0.419 e. The van der Waals surface area contributed by atoms with Gasteiger partial charge in [0.2, 0.25) is 5.89 Å². The molecule has 2 aromatic heterocycles. The van der Waals surface area contributed by atoms with Crippen LogP contribution in [0.3, 0.4) is 0 Å². The lowest BCUT2D eigenvalue weighted by Crippen LogP contribution is -2.15. The Hall–Kier alpha value is -3.51. The summed E-state index contributed by atoms with van der Waals surface area (Å²) in [6.07, 6.45) is 1.14. The number of fused-ring (bicyclic) bond motifs is 1. The van der Waals surface area contributed by atoms with E-state index in [2.05, 4.69) is 21.3 Å². The van der Waals surface area contributed by atoms with Crippen LogP contribution in [0.2, 0.25) is 0 Å². The predicted octanol–water partition coefficient (Wildman–Crippen LogP) is 5.29. The minimum atomic E-state index is -3.59. The SMILES string of the molecule is N#CC1(CC(=O)Cc2nnc(C(F)(F)c3nc4ccc(-c5ccccc5)cc4s3)o2)CC1. The summed E-state index contributed by atoms with van der Waals surface area (Å²) in [4.78, 5) is 16.2. The number of alkyl halides is 2. The third kappa shape index (κ3) is 3.78. The number of carbonyl (C=O) groups excluding carboxylic acids is 1. The Labute approximate surface area is 185 Å². The minimum absolute atomic E-state index is 0.0687. The molecule has 1 saturated carbocycles. The van der Waals surface area contributed by atoms with Crippen molar-refractivity contribution in [2.45, 2.75) is 31.6 Å². The second kappa shape index (κ2) is 7.57. The summed E-state index contributed by atoms with van der Waals surface area (Å²) in [6, 6.07) is 17.1. The second-order valence-electron chi connectivity index (χ2n) is 7.93. The summed E-state index contributed by atoms with van der Waals surface area (Å²) in [7, 11) is 0. The van der Waals surface area contributed by atoms with Gasteiger partial charge in [0.25, 0.3) is 5.89 Å². The Morgan fingerprint density at radius 1 is 1.16 bits per heavy atom. The van der Waals surface area contributed by atoms with E-state index in [9.17, 15) is 4.79 Å². The number of ketones is 1. The monoisotopic (exact) mass is 450 g/mol. The van der Waals surface area contributed by atoms with E-state index in [4.69, 9.17) is 9.68 Å².